The maximum Gasteiger partial charge on any atom is 0.193 e. The van der Waals surface area contributed by atoms with E-state index in [4.69, 9.17) is 4.43 Å². The van der Waals surface area contributed by atoms with Crippen molar-refractivity contribution in [3.63, 3.8) is 0 Å². The lowest BCUT2D eigenvalue weighted by Crippen LogP contribution is -2.42. The van der Waals surface area contributed by atoms with Gasteiger partial charge < -0.3 is 8.99 Å². The molecule has 0 radical (unpaired) electrons. The highest BCUT2D eigenvalue weighted by Gasteiger charge is 2.39. The van der Waals surface area contributed by atoms with E-state index in [9.17, 15) is 0 Å². The molecule has 3 rings (SSSR count). The zero-order valence-electron chi connectivity index (χ0n) is 18.2. The molecular formula is C25H30BrNOSi. The highest BCUT2D eigenvalue weighted by Crippen LogP contribution is 2.41. The number of fused-ring (bicyclic) bond motifs is 1. The van der Waals surface area contributed by atoms with E-state index in [1.807, 2.05) is 24.3 Å². The minimum atomic E-state index is -1.95. The average Bonchev–Trinajstić information content (AvgIpc) is 2.97. The number of aryl methyl sites for hydroxylation is 1. The Labute approximate surface area is 184 Å². The number of benzene rings is 2. The van der Waals surface area contributed by atoms with E-state index in [-0.39, 0.29) is 11.1 Å². The van der Waals surface area contributed by atoms with Gasteiger partial charge in [-0.05, 0) is 53.9 Å². The molecule has 2 nitrogen and oxygen atoms in total. The van der Waals surface area contributed by atoms with Gasteiger partial charge in [-0.15, -0.1) is 0 Å². The smallest absolute Gasteiger partial charge is 0.193 e. The minimum Gasteiger partial charge on any atom is -0.407 e. The van der Waals surface area contributed by atoms with Crippen molar-refractivity contribution in [3.05, 3.63) is 70.3 Å². The number of aromatic nitrogens is 1. The summed E-state index contributed by atoms with van der Waals surface area (Å²) in [6.45, 7) is 11.5. The first-order valence-corrected chi connectivity index (χ1v) is 13.8. The zero-order chi connectivity index (χ0) is 21.2. The molecule has 4 heteroatoms. The van der Waals surface area contributed by atoms with Crippen LogP contribution in [0.1, 0.15) is 44.6 Å². The van der Waals surface area contributed by atoms with Gasteiger partial charge >= 0.3 is 0 Å². The van der Waals surface area contributed by atoms with Gasteiger partial charge in [0.15, 0.2) is 8.32 Å². The van der Waals surface area contributed by atoms with E-state index >= 15 is 0 Å². The van der Waals surface area contributed by atoms with Gasteiger partial charge in [0.25, 0.3) is 0 Å². The van der Waals surface area contributed by atoms with Gasteiger partial charge in [0.05, 0.1) is 6.10 Å². The number of nitrogens with zero attached hydrogens (tertiary/aromatic N) is 1. The summed E-state index contributed by atoms with van der Waals surface area (Å²) >= 11 is 3.52. The first-order chi connectivity index (χ1) is 13.6. The van der Waals surface area contributed by atoms with Crippen LogP contribution in [0.2, 0.25) is 18.1 Å². The summed E-state index contributed by atoms with van der Waals surface area (Å²) in [6.07, 6.45) is 0.622. The summed E-state index contributed by atoms with van der Waals surface area (Å²) in [5.41, 5.74) is 3.44. The first kappa shape index (κ1) is 21.9. The number of rotatable bonds is 4. The molecule has 0 bridgehead atoms. The number of hydrogen-bond donors (Lipinski definition) is 0. The van der Waals surface area contributed by atoms with Gasteiger partial charge in [0.1, 0.15) is 0 Å². The minimum absolute atomic E-state index is 0.0482. The maximum atomic E-state index is 6.87. The van der Waals surface area contributed by atoms with Crippen molar-refractivity contribution in [2.75, 3.05) is 0 Å². The fourth-order valence-corrected chi connectivity index (χ4v) is 4.84. The molecule has 0 saturated heterocycles. The van der Waals surface area contributed by atoms with Crippen LogP contribution >= 0.6 is 15.9 Å². The second-order valence-corrected chi connectivity index (χ2v) is 14.7. The molecule has 3 aromatic rings. The van der Waals surface area contributed by atoms with Gasteiger partial charge in [-0.2, -0.15) is 0 Å². The zero-order valence-corrected chi connectivity index (χ0v) is 20.8. The maximum absolute atomic E-state index is 6.87. The van der Waals surface area contributed by atoms with Crippen molar-refractivity contribution in [3.8, 4) is 11.8 Å². The Kier molecular flexibility index (Phi) is 6.43. The molecule has 0 N–H and O–H groups in total. The number of hydrogen-bond acceptors (Lipinski definition) is 1. The third-order valence-electron chi connectivity index (χ3n) is 5.91. The lowest BCUT2D eigenvalue weighted by molar-refractivity contribution is 0.181. The van der Waals surface area contributed by atoms with Gasteiger partial charge in [0.2, 0.25) is 0 Å². The van der Waals surface area contributed by atoms with Crippen molar-refractivity contribution in [2.45, 2.75) is 51.4 Å². The van der Waals surface area contributed by atoms with Crippen molar-refractivity contribution in [1.29, 1.82) is 0 Å². The Morgan fingerprint density at radius 3 is 2.45 bits per heavy atom. The van der Waals surface area contributed by atoms with E-state index in [0.717, 1.165) is 10.0 Å². The van der Waals surface area contributed by atoms with Gasteiger partial charge in [-0.25, -0.2) is 0 Å². The predicted molar refractivity (Wildman–Crippen MR) is 130 cm³/mol. The molecule has 1 aromatic heterocycles. The van der Waals surface area contributed by atoms with Crippen LogP contribution in [-0.2, 0) is 11.5 Å². The van der Waals surface area contributed by atoms with E-state index < -0.39 is 8.32 Å². The molecular weight excluding hydrogens is 438 g/mol. The monoisotopic (exact) mass is 467 g/mol. The number of halogens is 1. The second-order valence-electron chi connectivity index (χ2n) is 9.07. The summed E-state index contributed by atoms with van der Waals surface area (Å²) in [5, 5.41) is 1.39. The standard InChI is InChI=1S/C25H30BrNOSi/c1-25(2,3)29(5,6)28-24(16-10-12-19-11-9-14-21(26)17-19)23-18-20-13-7-8-15-22(20)27(23)4/h7-9,11,13-15,17-18,24H,16H2,1-6H3. The molecule has 0 aliphatic heterocycles. The predicted octanol–water partition coefficient (Wildman–Crippen LogP) is 7.45. The third-order valence-corrected chi connectivity index (χ3v) is 10.9. The molecule has 0 aliphatic rings. The average molecular weight is 469 g/mol. The van der Waals surface area contributed by atoms with Crippen LogP contribution in [0.4, 0.5) is 0 Å². The van der Waals surface area contributed by atoms with Crippen LogP contribution in [0.5, 0.6) is 0 Å². The van der Waals surface area contributed by atoms with Gasteiger partial charge in [-0.1, -0.05) is 72.8 Å². The Hall–Kier alpha value is -1.80. The van der Waals surface area contributed by atoms with Crippen LogP contribution in [0, 0.1) is 11.8 Å². The summed E-state index contributed by atoms with van der Waals surface area (Å²) in [7, 11) is 0.177. The van der Waals surface area contributed by atoms with E-state index in [1.165, 1.54) is 16.6 Å². The topological polar surface area (TPSA) is 14.2 Å². The van der Waals surface area contributed by atoms with Crippen molar-refractivity contribution in [2.24, 2.45) is 7.05 Å². The molecule has 0 aliphatic carbocycles. The molecule has 1 heterocycles. The normalized spacial score (nSPS) is 13.2. The summed E-state index contributed by atoms with van der Waals surface area (Å²) in [6, 6.07) is 18.9. The Bertz CT molecular complexity index is 1070. The second kappa shape index (κ2) is 8.51. The number of para-hydroxylation sites is 1. The Morgan fingerprint density at radius 2 is 1.79 bits per heavy atom. The largest absolute Gasteiger partial charge is 0.407 e. The lowest BCUT2D eigenvalue weighted by atomic mass is 10.1. The van der Waals surface area contributed by atoms with Crippen LogP contribution in [0.25, 0.3) is 10.9 Å². The van der Waals surface area contributed by atoms with Crippen LogP contribution in [-0.4, -0.2) is 12.9 Å². The summed E-state index contributed by atoms with van der Waals surface area (Å²) in [4.78, 5) is 0. The molecule has 29 heavy (non-hydrogen) atoms. The fourth-order valence-electron chi connectivity index (χ4n) is 3.17. The van der Waals surface area contributed by atoms with Crippen molar-refractivity contribution in [1.82, 2.24) is 4.57 Å². The Morgan fingerprint density at radius 1 is 1.07 bits per heavy atom. The molecule has 152 valence electrons. The molecule has 0 spiro atoms. The molecule has 0 saturated carbocycles. The van der Waals surface area contributed by atoms with Crippen molar-refractivity contribution >= 4 is 35.2 Å². The molecule has 1 unspecified atom stereocenters. The van der Waals surface area contributed by atoms with Gasteiger partial charge in [-0.3, -0.25) is 0 Å². The van der Waals surface area contributed by atoms with Crippen LogP contribution < -0.4 is 0 Å². The van der Waals surface area contributed by atoms with Crippen LogP contribution in [0.3, 0.4) is 0 Å². The van der Waals surface area contributed by atoms with Crippen molar-refractivity contribution < 1.29 is 4.43 Å². The Balaban J connectivity index is 1.96. The lowest BCUT2D eigenvalue weighted by Gasteiger charge is -2.39. The molecule has 2 aromatic carbocycles. The van der Waals surface area contributed by atoms with E-state index in [1.54, 1.807) is 0 Å². The van der Waals surface area contributed by atoms with Gasteiger partial charge in [0, 0.05) is 34.7 Å². The van der Waals surface area contributed by atoms with Crippen LogP contribution in [0.15, 0.2) is 59.1 Å². The molecule has 1 atom stereocenters. The third kappa shape index (κ3) is 5.03. The molecule has 0 amide bonds. The van der Waals surface area contributed by atoms with E-state index in [0.29, 0.717) is 6.42 Å². The highest BCUT2D eigenvalue weighted by atomic mass is 79.9. The summed E-state index contributed by atoms with van der Waals surface area (Å²) < 4.78 is 10.2. The summed E-state index contributed by atoms with van der Waals surface area (Å²) in [5.74, 6) is 6.70. The quantitative estimate of drug-likeness (QED) is 0.287. The highest BCUT2D eigenvalue weighted by molar-refractivity contribution is 9.10. The SMILES string of the molecule is Cn1c(C(CC#Cc2cccc(Br)c2)O[Si](C)(C)C(C)(C)C)cc2ccccc21. The molecule has 0 fully saturated rings. The fraction of sp³-hybridized carbons (Fsp3) is 0.360. The van der Waals surface area contributed by atoms with E-state index in [2.05, 4.69) is 104 Å². The first-order valence-electron chi connectivity index (χ1n) is 10.0.